The molecular formula is C29H40N2O2. The molecule has 2 aromatic rings. The van der Waals surface area contributed by atoms with E-state index in [1.807, 2.05) is 0 Å². The summed E-state index contributed by atoms with van der Waals surface area (Å²) in [6, 6.07) is 17.7. The molecule has 0 amide bonds. The molecule has 0 heterocycles. The minimum atomic E-state index is -0.706. The molecule has 0 aliphatic heterocycles. The van der Waals surface area contributed by atoms with Gasteiger partial charge < -0.3 is 15.7 Å². The first-order chi connectivity index (χ1) is 15.9. The summed E-state index contributed by atoms with van der Waals surface area (Å²) in [6.07, 6.45) is 11.6. The van der Waals surface area contributed by atoms with Gasteiger partial charge in [0, 0.05) is 6.54 Å². The van der Waals surface area contributed by atoms with Crippen molar-refractivity contribution in [1.82, 2.24) is 4.90 Å². The zero-order valence-electron chi connectivity index (χ0n) is 20.4. The standard InChI is InChI=1S/C20H23N.C9H17NO2/c1-21(2)15-7-12-20-18-10-5-3-8-16(18)13-14-17-9-4-6-11-19(17)20;10-7-9(6-8(11)12)4-2-1-3-5-9/h3-6,8-12H,7,13-15H2,1-2H3;1-7,10H2,(H,11,12). The van der Waals surface area contributed by atoms with E-state index in [4.69, 9.17) is 10.8 Å². The fourth-order valence-corrected chi connectivity index (χ4v) is 5.18. The third-order valence-electron chi connectivity index (χ3n) is 7.08. The van der Waals surface area contributed by atoms with Crippen LogP contribution in [0.1, 0.15) is 67.2 Å². The van der Waals surface area contributed by atoms with Gasteiger partial charge in [-0.05, 0) is 86.0 Å². The molecule has 2 aliphatic rings. The van der Waals surface area contributed by atoms with Crippen LogP contribution in [-0.2, 0) is 17.6 Å². The second kappa shape index (κ2) is 12.2. The molecule has 0 spiro atoms. The topological polar surface area (TPSA) is 66.6 Å². The van der Waals surface area contributed by atoms with Gasteiger partial charge >= 0.3 is 5.97 Å². The van der Waals surface area contributed by atoms with Gasteiger partial charge in [-0.1, -0.05) is 73.9 Å². The molecule has 0 bridgehead atoms. The Kier molecular flexibility index (Phi) is 9.28. The van der Waals surface area contributed by atoms with Crippen molar-refractivity contribution < 1.29 is 9.90 Å². The van der Waals surface area contributed by atoms with Gasteiger partial charge in [-0.15, -0.1) is 0 Å². The van der Waals surface area contributed by atoms with E-state index in [-0.39, 0.29) is 11.8 Å². The molecule has 4 heteroatoms. The first kappa shape index (κ1) is 25.2. The van der Waals surface area contributed by atoms with Crippen LogP contribution in [0, 0.1) is 5.41 Å². The number of carbonyl (C=O) groups is 1. The number of nitrogens with two attached hydrogens (primary N) is 1. The largest absolute Gasteiger partial charge is 0.481 e. The van der Waals surface area contributed by atoms with Gasteiger partial charge in [-0.3, -0.25) is 4.79 Å². The third kappa shape index (κ3) is 7.02. The summed E-state index contributed by atoms with van der Waals surface area (Å²) in [4.78, 5) is 12.8. The number of carboxylic acid groups (broad SMARTS) is 1. The van der Waals surface area contributed by atoms with Crippen LogP contribution < -0.4 is 5.73 Å². The molecule has 0 unspecified atom stereocenters. The number of fused-ring (bicyclic) bond motifs is 2. The van der Waals surface area contributed by atoms with Crippen molar-refractivity contribution in [3.63, 3.8) is 0 Å². The lowest BCUT2D eigenvalue weighted by atomic mass is 9.72. The highest BCUT2D eigenvalue weighted by molar-refractivity contribution is 5.83. The average Bonchev–Trinajstić information content (AvgIpc) is 2.97. The van der Waals surface area contributed by atoms with E-state index in [0.717, 1.165) is 51.5 Å². The Morgan fingerprint density at radius 2 is 1.52 bits per heavy atom. The molecule has 2 aromatic carbocycles. The lowest BCUT2D eigenvalue weighted by Crippen LogP contribution is -2.34. The van der Waals surface area contributed by atoms with Crippen LogP contribution in [0.5, 0.6) is 0 Å². The summed E-state index contributed by atoms with van der Waals surface area (Å²) in [5, 5.41) is 8.71. The monoisotopic (exact) mass is 448 g/mol. The number of hydrogen-bond donors (Lipinski definition) is 2. The Bertz CT molecular complexity index is 893. The number of aliphatic carboxylic acids is 1. The van der Waals surface area contributed by atoms with Gasteiger partial charge in [0.2, 0.25) is 0 Å². The first-order valence-corrected chi connectivity index (χ1v) is 12.4. The number of carboxylic acids is 1. The van der Waals surface area contributed by atoms with Crippen molar-refractivity contribution in [3.05, 3.63) is 76.9 Å². The summed E-state index contributed by atoms with van der Waals surface area (Å²) < 4.78 is 0. The van der Waals surface area contributed by atoms with Gasteiger partial charge in [-0.2, -0.15) is 0 Å². The lowest BCUT2D eigenvalue weighted by Gasteiger charge is -2.34. The van der Waals surface area contributed by atoms with Crippen molar-refractivity contribution in [2.24, 2.45) is 11.1 Å². The van der Waals surface area contributed by atoms with E-state index in [9.17, 15) is 4.79 Å². The van der Waals surface area contributed by atoms with Gasteiger partial charge in [0.15, 0.2) is 0 Å². The van der Waals surface area contributed by atoms with Crippen molar-refractivity contribution in [3.8, 4) is 0 Å². The molecule has 0 radical (unpaired) electrons. The third-order valence-corrected chi connectivity index (χ3v) is 7.08. The van der Waals surface area contributed by atoms with Crippen LogP contribution in [0.2, 0.25) is 0 Å². The Balaban J connectivity index is 0.000000218. The van der Waals surface area contributed by atoms with Crippen LogP contribution in [0.4, 0.5) is 0 Å². The van der Waals surface area contributed by atoms with Crippen molar-refractivity contribution >= 4 is 11.5 Å². The zero-order chi connectivity index (χ0) is 23.7. The van der Waals surface area contributed by atoms with Gasteiger partial charge in [0.05, 0.1) is 6.42 Å². The second-order valence-corrected chi connectivity index (χ2v) is 9.86. The molecule has 2 aliphatic carbocycles. The number of aryl methyl sites for hydroxylation is 2. The quantitative estimate of drug-likeness (QED) is 0.609. The van der Waals surface area contributed by atoms with E-state index in [1.165, 1.54) is 34.2 Å². The smallest absolute Gasteiger partial charge is 0.303 e. The molecule has 0 atom stereocenters. The normalized spacial score (nSPS) is 16.7. The molecule has 33 heavy (non-hydrogen) atoms. The molecule has 4 rings (SSSR count). The molecule has 1 fully saturated rings. The highest BCUT2D eigenvalue weighted by Crippen LogP contribution is 2.38. The Labute approximate surface area is 199 Å². The van der Waals surface area contributed by atoms with Crippen LogP contribution in [0.15, 0.2) is 54.6 Å². The summed E-state index contributed by atoms with van der Waals surface area (Å²) in [7, 11) is 4.26. The molecule has 0 aromatic heterocycles. The van der Waals surface area contributed by atoms with E-state index >= 15 is 0 Å². The van der Waals surface area contributed by atoms with Gasteiger partial charge in [0.25, 0.3) is 0 Å². The number of benzene rings is 2. The molecule has 4 nitrogen and oxygen atoms in total. The van der Waals surface area contributed by atoms with Crippen LogP contribution >= 0.6 is 0 Å². The fourth-order valence-electron chi connectivity index (χ4n) is 5.18. The summed E-state index contributed by atoms with van der Waals surface area (Å²) in [5.74, 6) is -0.706. The van der Waals surface area contributed by atoms with Crippen LogP contribution in [0.25, 0.3) is 5.57 Å². The second-order valence-electron chi connectivity index (χ2n) is 9.86. The molecule has 178 valence electrons. The average molecular weight is 449 g/mol. The number of nitrogens with zero attached hydrogens (tertiary/aromatic N) is 1. The number of rotatable bonds is 6. The lowest BCUT2D eigenvalue weighted by molar-refractivity contribution is -0.140. The maximum Gasteiger partial charge on any atom is 0.303 e. The minimum Gasteiger partial charge on any atom is -0.481 e. The van der Waals surface area contributed by atoms with E-state index < -0.39 is 5.97 Å². The van der Waals surface area contributed by atoms with Crippen molar-refractivity contribution in [2.45, 2.75) is 57.8 Å². The van der Waals surface area contributed by atoms with E-state index in [2.05, 4.69) is 73.6 Å². The summed E-state index contributed by atoms with van der Waals surface area (Å²) >= 11 is 0. The van der Waals surface area contributed by atoms with Crippen molar-refractivity contribution in [1.29, 1.82) is 0 Å². The Morgan fingerprint density at radius 1 is 0.970 bits per heavy atom. The minimum absolute atomic E-state index is 0.0793. The molecular weight excluding hydrogens is 408 g/mol. The fraction of sp³-hybridized carbons (Fsp3) is 0.483. The predicted molar refractivity (Wildman–Crippen MR) is 137 cm³/mol. The summed E-state index contributed by atoms with van der Waals surface area (Å²) in [5.41, 5.74) is 12.7. The SMILES string of the molecule is CN(C)CCC=C1c2ccccc2CCc2ccccc21.NCC1(CC(=O)O)CCCCC1. The zero-order valence-corrected chi connectivity index (χ0v) is 20.4. The molecule has 0 saturated heterocycles. The molecule has 1 saturated carbocycles. The molecule has 3 N–H and O–H groups in total. The van der Waals surface area contributed by atoms with Gasteiger partial charge in [-0.25, -0.2) is 0 Å². The van der Waals surface area contributed by atoms with Crippen molar-refractivity contribution in [2.75, 3.05) is 27.2 Å². The highest BCUT2D eigenvalue weighted by atomic mass is 16.4. The first-order valence-electron chi connectivity index (χ1n) is 12.4. The Hall–Kier alpha value is -2.43. The van der Waals surface area contributed by atoms with E-state index in [1.54, 1.807) is 0 Å². The Morgan fingerprint density at radius 3 is 2.00 bits per heavy atom. The van der Waals surface area contributed by atoms with Crippen LogP contribution in [0.3, 0.4) is 0 Å². The maximum absolute atomic E-state index is 10.6. The van der Waals surface area contributed by atoms with Gasteiger partial charge in [0.1, 0.15) is 0 Å². The summed E-state index contributed by atoms with van der Waals surface area (Å²) in [6.45, 7) is 1.62. The number of hydrogen-bond acceptors (Lipinski definition) is 3. The highest BCUT2D eigenvalue weighted by Gasteiger charge is 2.32. The van der Waals surface area contributed by atoms with E-state index in [0.29, 0.717) is 6.54 Å². The predicted octanol–water partition coefficient (Wildman–Crippen LogP) is 5.54. The van der Waals surface area contributed by atoms with Crippen LogP contribution in [-0.4, -0.2) is 43.2 Å². The maximum atomic E-state index is 10.6.